The first-order chi connectivity index (χ1) is 15.2. The van der Waals surface area contributed by atoms with Gasteiger partial charge < -0.3 is 15.0 Å². The van der Waals surface area contributed by atoms with E-state index < -0.39 is 5.41 Å². The lowest BCUT2D eigenvalue weighted by Gasteiger charge is -2.37. The van der Waals surface area contributed by atoms with Gasteiger partial charge in [0.1, 0.15) is 12.4 Å². The van der Waals surface area contributed by atoms with Gasteiger partial charge in [0.2, 0.25) is 0 Å². The number of carbonyl (C=O) groups is 1. The number of hydrogen-bond acceptors (Lipinski definition) is 3. The van der Waals surface area contributed by atoms with Crippen LogP contribution < -0.4 is 10.1 Å². The molecule has 3 aromatic rings. The van der Waals surface area contributed by atoms with E-state index in [9.17, 15) is 10.1 Å². The van der Waals surface area contributed by atoms with Gasteiger partial charge in [-0.2, -0.15) is 5.26 Å². The molecule has 1 saturated heterocycles. The molecule has 0 aromatic heterocycles. The van der Waals surface area contributed by atoms with Gasteiger partial charge in [0.15, 0.2) is 0 Å². The van der Waals surface area contributed by atoms with Crippen molar-refractivity contribution >= 4 is 11.7 Å². The molecule has 3 aromatic carbocycles. The van der Waals surface area contributed by atoms with Crippen LogP contribution in [-0.4, -0.2) is 24.0 Å². The fraction of sp³-hybridized carbons (Fsp3) is 0.231. The Kier molecular flexibility index (Phi) is 6.18. The maximum Gasteiger partial charge on any atom is 0.321 e. The molecule has 1 aliphatic rings. The summed E-state index contributed by atoms with van der Waals surface area (Å²) in [4.78, 5) is 14.5. The topological polar surface area (TPSA) is 65.4 Å². The van der Waals surface area contributed by atoms with Crippen molar-refractivity contribution in [1.29, 1.82) is 5.26 Å². The first kappa shape index (κ1) is 20.5. The smallest absolute Gasteiger partial charge is 0.321 e. The molecule has 5 heteroatoms. The minimum atomic E-state index is -0.518. The van der Waals surface area contributed by atoms with Crippen LogP contribution in [-0.2, 0) is 12.0 Å². The lowest BCUT2D eigenvalue weighted by atomic mass is 9.74. The zero-order chi connectivity index (χ0) is 21.5. The van der Waals surface area contributed by atoms with Gasteiger partial charge in [-0.1, -0.05) is 60.7 Å². The van der Waals surface area contributed by atoms with E-state index in [1.807, 2.05) is 84.9 Å². The van der Waals surface area contributed by atoms with Gasteiger partial charge in [0.25, 0.3) is 0 Å². The van der Waals surface area contributed by atoms with Crippen molar-refractivity contribution in [2.75, 3.05) is 18.4 Å². The van der Waals surface area contributed by atoms with Crippen LogP contribution in [0.25, 0.3) is 0 Å². The van der Waals surface area contributed by atoms with E-state index >= 15 is 0 Å². The number of rotatable bonds is 5. The van der Waals surface area contributed by atoms with E-state index in [4.69, 9.17) is 4.74 Å². The van der Waals surface area contributed by atoms with E-state index in [1.54, 1.807) is 4.90 Å². The molecule has 0 atom stereocenters. The van der Waals surface area contributed by atoms with Crippen LogP contribution >= 0.6 is 0 Å². The van der Waals surface area contributed by atoms with Crippen molar-refractivity contribution in [2.24, 2.45) is 0 Å². The molecule has 1 fully saturated rings. The Balaban J connectivity index is 1.30. The van der Waals surface area contributed by atoms with E-state index in [0.717, 1.165) is 22.6 Å². The highest BCUT2D eigenvalue weighted by Gasteiger charge is 2.37. The fourth-order valence-electron chi connectivity index (χ4n) is 3.89. The summed E-state index contributed by atoms with van der Waals surface area (Å²) in [5.41, 5.74) is 2.34. The maximum absolute atomic E-state index is 12.7. The van der Waals surface area contributed by atoms with Gasteiger partial charge in [-0.3, -0.25) is 0 Å². The molecule has 5 nitrogen and oxygen atoms in total. The standard InChI is InChI=1S/C26H25N3O2/c27-20-26(22-9-5-2-6-10-22)15-17-29(18-16-26)25(30)28-23-11-13-24(14-12-23)31-19-21-7-3-1-4-8-21/h1-14H,15-19H2,(H,28,30). The largest absolute Gasteiger partial charge is 0.489 e. The van der Waals surface area contributed by atoms with E-state index in [1.165, 1.54) is 0 Å². The molecule has 0 unspecified atom stereocenters. The van der Waals surface area contributed by atoms with Gasteiger partial charge >= 0.3 is 6.03 Å². The zero-order valence-corrected chi connectivity index (χ0v) is 17.3. The quantitative estimate of drug-likeness (QED) is 0.615. The summed E-state index contributed by atoms with van der Waals surface area (Å²) in [5, 5.41) is 12.8. The van der Waals surface area contributed by atoms with Gasteiger partial charge in [-0.15, -0.1) is 0 Å². The number of nitrogens with zero attached hydrogens (tertiary/aromatic N) is 2. The summed E-state index contributed by atoms with van der Waals surface area (Å²) in [6, 6.07) is 29.6. The van der Waals surface area contributed by atoms with Crippen LogP contribution in [0, 0.1) is 11.3 Å². The Bertz CT molecular complexity index is 1040. The average molecular weight is 412 g/mol. The molecule has 2 amide bonds. The number of urea groups is 1. The number of amides is 2. The van der Waals surface area contributed by atoms with Crippen LogP contribution in [0.5, 0.6) is 5.75 Å². The van der Waals surface area contributed by atoms with E-state index in [2.05, 4.69) is 11.4 Å². The number of nitrogens with one attached hydrogen (secondary N) is 1. The van der Waals surface area contributed by atoms with Crippen molar-refractivity contribution in [3.8, 4) is 11.8 Å². The lowest BCUT2D eigenvalue weighted by Crippen LogP contribution is -2.46. The molecule has 156 valence electrons. The second-order valence-corrected chi connectivity index (χ2v) is 7.78. The highest BCUT2D eigenvalue weighted by Crippen LogP contribution is 2.35. The number of benzene rings is 3. The highest BCUT2D eigenvalue weighted by atomic mass is 16.5. The average Bonchev–Trinajstić information content (AvgIpc) is 2.85. The maximum atomic E-state index is 12.7. The van der Waals surface area contributed by atoms with Crippen molar-refractivity contribution in [3.63, 3.8) is 0 Å². The number of nitriles is 1. The monoisotopic (exact) mass is 411 g/mol. The molecule has 1 N–H and O–H groups in total. The summed E-state index contributed by atoms with van der Waals surface area (Å²) in [6.07, 6.45) is 1.26. The summed E-state index contributed by atoms with van der Waals surface area (Å²) in [7, 11) is 0. The summed E-state index contributed by atoms with van der Waals surface area (Å²) >= 11 is 0. The Hall–Kier alpha value is -3.78. The molecule has 0 bridgehead atoms. The number of likely N-dealkylation sites (tertiary alicyclic amines) is 1. The van der Waals surface area contributed by atoms with Crippen LogP contribution in [0.15, 0.2) is 84.9 Å². The molecular weight excluding hydrogens is 386 g/mol. The number of piperidine rings is 1. The second-order valence-electron chi connectivity index (χ2n) is 7.78. The fourth-order valence-corrected chi connectivity index (χ4v) is 3.89. The van der Waals surface area contributed by atoms with Crippen molar-refractivity contribution in [2.45, 2.75) is 24.9 Å². The van der Waals surface area contributed by atoms with E-state index in [0.29, 0.717) is 32.5 Å². The molecule has 0 saturated carbocycles. The molecular formula is C26H25N3O2. The Labute approximate surface area is 182 Å². The van der Waals surface area contributed by atoms with Crippen LogP contribution in [0.3, 0.4) is 0 Å². The van der Waals surface area contributed by atoms with Crippen LogP contribution in [0.2, 0.25) is 0 Å². The Morgan fingerprint density at radius 2 is 1.55 bits per heavy atom. The van der Waals surface area contributed by atoms with Gasteiger partial charge in [-0.25, -0.2) is 4.79 Å². The first-order valence-electron chi connectivity index (χ1n) is 10.5. The SMILES string of the molecule is N#CC1(c2ccccc2)CCN(C(=O)Nc2ccc(OCc3ccccc3)cc2)CC1. The first-order valence-corrected chi connectivity index (χ1v) is 10.5. The predicted octanol–water partition coefficient (Wildman–Crippen LogP) is 5.35. The van der Waals surface area contributed by atoms with Crippen LogP contribution in [0.4, 0.5) is 10.5 Å². The molecule has 1 heterocycles. The van der Waals surface area contributed by atoms with Crippen LogP contribution in [0.1, 0.15) is 24.0 Å². The third-order valence-electron chi connectivity index (χ3n) is 5.80. The molecule has 31 heavy (non-hydrogen) atoms. The van der Waals surface area contributed by atoms with Gasteiger partial charge in [0.05, 0.1) is 11.5 Å². The number of ether oxygens (including phenoxy) is 1. The number of carbonyl (C=O) groups excluding carboxylic acids is 1. The van der Waals surface area contributed by atoms with Crippen molar-refractivity contribution < 1.29 is 9.53 Å². The molecule has 0 radical (unpaired) electrons. The predicted molar refractivity (Wildman–Crippen MR) is 121 cm³/mol. The lowest BCUT2D eigenvalue weighted by molar-refractivity contribution is 0.183. The third kappa shape index (κ3) is 4.87. The van der Waals surface area contributed by atoms with Gasteiger partial charge in [0, 0.05) is 18.8 Å². The highest BCUT2D eigenvalue weighted by molar-refractivity contribution is 5.89. The zero-order valence-electron chi connectivity index (χ0n) is 17.3. The minimum absolute atomic E-state index is 0.141. The molecule has 0 aliphatic carbocycles. The summed E-state index contributed by atoms with van der Waals surface area (Å²) in [5.74, 6) is 0.751. The van der Waals surface area contributed by atoms with E-state index in [-0.39, 0.29) is 6.03 Å². The summed E-state index contributed by atoms with van der Waals surface area (Å²) in [6.45, 7) is 1.60. The normalized spacial score (nSPS) is 15.0. The molecule has 1 aliphatic heterocycles. The Morgan fingerprint density at radius 3 is 2.16 bits per heavy atom. The second kappa shape index (κ2) is 9.36. The molecule has 0 spiro atoms. The Morgan fingerprint density at radius 1 is 0.935 bits per heavy atom. The van der Waals surface area contributed by atoms with Crippen molar-refractivity contribution in [1.82, 2.24) is 4.90 Å². The van der Waals surface area contributed by atoms with Gasteiger partial charge in [-0.05, 0) is 48.2 Å². The number of hydrogen-bond donors (Lipinski definition) is 1. The summed E-state index contributed by atoms with van der Waals surface area (Å²) < 4.78 is 5.79. The molecule has 4 rings (SSSR count). The van der Waals surface area contributed by atoms with Crippen molar-refractivity contribution in [3.05, 3.63) is 96.1 Å². The number of anilines is 1. The third-order valence-corrected chi connectivity index (χ3v) is 5.80. The minimum Gasteiger partial charge on any atom is -0.489 e.